The van der Waals surface area contributed by atoms with Crippen molar-refractivity contribution in [1.29, 1.82) is 0 Å². The van der Waals surface area contributed by atoms with Gasteiger partial charge in [-0.2, -0.15) is 0 Å². The van der Waals surface area contributed by atoms with Gasteiger partial charge in [-0.25, -0.2) is 0 Å². The number of nitrogens with zero attached hydrogens (tertiary/aromatic N) is 1. The lowest BCUT2D eigenvalue weighted by atomic mass is 10.0. The minimum Gasteiger partial charge on any atom is -0.480 e. The summed E-state index contributed by atoms with van der Waals surface area (Å²) in [4.78, 5) is 13.4. The molecule has 0 saturated heterocycles. The maximum absolute atomic E-state index is 11.2. The molecule has 0 spiro atoms. The number of likely N-dealkylation sites (N-methyl/N-ethyl adjacent to an activating group) is 1. The summed E-state index contributed by atoms with van der Waals surface area (Å²) in [6.07, 6.45) is 3.28. The van der Waals surface area contributed by atoms with E-state index >= 15 is 0 Å². The average Bonchev–Trinajstić information content (AvgIpc) is 2.37. The Balaban J connectivity index is 4.31. The van der Waals surface area contributed by atoms with Crippen molar-refractivity contribution in [3.05, 3.63) is 0 Å². The summed E-state index contributed by atoms with van der Waals surface area (Å²) in [7, 11) is 0. The molecule has 0 aromatic rings. The molecule has 2 N–H and O–H groups in total. The quantitative estimate of drug-likeness (QED) is 0.596. The first-order valence-electron chi connectivity index (χ1n) is 7.27. The van der Waals surface area contributed by atoms with E-state index in [2.05, 4.69) is 31.0 Å². The monoisotopic (exact) mass is 258 g/mol. The summed E-state index contributed by atoms with van der Waals surface area (Å²) in [5.41, 5.74) is 0. The SMILES string of the molecule is CCCNC(CN(CC)CC(CC)CC)C(=O)O. The first kappa shape index (κ1) is 17.4. The zero-order valence-corrected chi connectivity index (χ0v) is 12.4. The highest BCUT2D eigenvalue weighted by Crippen LogP contribution is 2.10. The van der Waals surface area contributed by atoms with Gasteiger partial charge in [-0.3, -0.25) is 4.79 Å². The molecule has 18 heavy (non-hydrogen) atoms. The molecule has 0 aromatic carbocycles. The standard InChI is InChI=1S/C14H30N2O2/c1-5-9-15-13(14(17)18)11-16(8-4)10-12(6-2)7-3/h12-13,15H,5-11H2,1-4H3,(H,17,18). The molecular weight excluding hydrogens is 228 g/mol. The molecule has 1 atom stereocenters. The Labute approximate surface area is 112 Å². The summed E-state index contributed by atoms with van der Waals surface area (Å²) in [6.45, 7) is 11.8. The highest BCUT2D eigenvalue weighted by molar-refractivity contribution is 5.73. The van der Waals surface area contributed by atoms with Crippen LogP contribution in [0.5, 0.6) is 0 Å². The van der Waals surface area contributed by atoms with Gasteiger partial charge in [-0.1, -0.05) is 40.5 Å². The fourth-order valence-electron chi connectivity index (χ4n) is 2.05. The van der Waals surface area contributed by atoms with Gasteiger partial charge in [0.2, 0.25) is 0 Å². The number of rotatable bonds is 11. The van der Waals surface area contributed by atoms with Gasteiger partial charge in [-0.05, 0) is 25.4 Å². The van der Waals surface area contributed by atoms with Crippen molar-refractivity contribution in [1.82, 2.24) is 10.2 Å². The molecule has 4 heteroatoms. The van der Waals surface area contributed by atoms with Crippen molar-refractivity contribution in [3.8, 4) is 0 Å². The predicted octanol–water partition coefficient (Wildman–Crippen LogP) is 2.20. The minimum atomic E-state index is -0.744. The zero-order chi connectivity index (χ0) is 14.0. The van der Waals surface area contributed by atoms with Gasteiger partial charge in [0.25, 0.3) is 0 Å². The number of hydrogen-bond donors (Lipinski definition) is 2. The lowest BCUT2D eigenvalue weighted by molar-refractivity contribution is -0.140. The Morgan fingerprint density at radius 3 is 2.17 bits per heavy atom. The molecule has 0 bridgehead atoms. The molecule has 0 fully saturated rings. The summed E-state index contributed by atoms with van der Waals surface area (Å²) >= 11 is 0. The summed E-state index contributed by atoms with van der Waals surface area (Å²) in [5, 5.41) is 12.3. The van der Waals surface area contributed by atoms with Gasteiger partial charge in [0.1, 0.15) is 6.04 Å². The van der Waals surface area contributed by atoms with Crippen LogP contribution in [0.3, 0.4) is 0 Å². The van der Waals surface area contributed by atoms with Crippen LogP contribution < -0.4 is 5.32 Å². The smallest absolute Gasteiger partial charge is 0.322 e. The largest absolute Gasteiger partial charge is 0.480 e. The fraction of sp³-hybridized carbons (Fsp3) is 0.929. The van der Waals surface area contributed by atoms with Crippen molar-refractivity contribution in [2.45, 2.75) is 53.0 Å². The highest BCUT2D eigenvalue weighted by atomic mass is 16.4. The Hall–Kier alpha value is -0.610. The van der Waals surface area contributed by atoms with Crippen LogP contribution in [-0.4, -0.2) is 48.2 Å². The van der Waals surface area contributed by atoms with Crippen molar-refractivity contribution >= 4 is 5.97 Å². The molecule has 0 saturated carbocycles. The highest BCUT2D eigenvalue weighted by Gasteiger charge is 2.20. The topological polar surface area (TPSA) is 52.6 Å². The van der Waals surface area contributed by atoms with Gasteiger partial charge in [0, 0.05) is 13.1 Å². The summed E-state index contributed by atoms with van der Waals surface area (Å²) in [5.74, 6) is -0.0722. The lowest BCUT2D eigenvalue weighted by Gasteiger charge is -2.28. The molecule has 0 amide bonds. The van der Waals surface area contributed by atoms with E-state index in [1.807, 2.05) is 6.92 Å². The van der Waals surface area contributed by atoms with Crippen LogP contribution in [-0.2, 0) is 4.79 Å². The van der Waals surface area contributed by atoms with E-state index in [-0.39, 0.29) is 0 Å². The number of carboxylic acids is 1. The third-order valence-electron chi connectivity index (χ3n) is 3.50. The molecule has 0 aliphatic heterocycles. The molecule has 1 unspecified atom stereocenters. The summed E-state index contributed by atoms with van der Waals surface area (Å²) < 4.78 is 0. The summed E-state index contributed by atoms with van der Waals surface area (Å²) in [6, 6.07) is -0.445. The Kier molecular flexibility index (Phi) is 9.98. The van der Waals surface area contributed by atoms with Crippen LogP contribution >= 0.6 is 0 Å². The molecule has 108 valence electrons. The molecule has 0 aromatic heterocycles. The Morgan fingerprint density at radius 1 is 1.17 bits per heavy atom. The van der Waals surface area contributed by atoms with E-state index < -0.39 is 12.0 Å². The molecule has 0 radical (unpaired) electrons. The van der Waals surface area contributed by atoms with E-state index in [9.17, 15) is 9.90 Å². The van der Waals surface area contributed by atoms with Crippen molar-refractivity contribution in [2.24, 2.45) is 5.92 Å². The Morgan fingerprint density at radius 2 is 1.78 bits per heavy atom. The number of nitrogens with one attached hydrogen (secondary N) is 1. The van der Waals surface area contributed by atoms with E-state index in [1.54, 1.807) is 0 Å². The third-order valence-corrected chi connectivity index (χ3v) is 3.50. The van der Waals surface area contributed by atoms with Gasteiger partial charge < -0.3 is 15.3 Å². The number of hydrogen-bond acceptors (Lipinski definition) is 3. The van der Waals surface area contributed by atoms with Gasteiger partial charge in [0.15, 0.2) is 0 Å². The molecular formula is C14H30N2O2. The second-order valence-electron chi connectivity index (χ2n) is 4.88. The normalized spacial score (nSPS) is 13.2. The maximum atomic E-state index is 11.2. The minimum absolute atomic E-state index is 0.445. The second kappa shape index (κ2) is 10.3. The van der Waals surface area contributed by atoms with Gasteiger partial charge >= 0.3 is 5.97 Å². The molecule has 0 rings (SSSR count). The first-order chi connectivity index (χ1) is 8.58. The number of aliphatic carboxylic acids is 1. The molecule has 0 heterocycles. The van der Waals surface area contributed by atoms with E-state index in [4.69, 9.17) is 0 Å². The van der Waals surface area contributed by atoms with Gasteiger partial charge in [-0.15, -0.1) is 0 Å². The molecule has 4 nitrogen and oxygen atoms in total. The van der Waals surface area contributed by atoms with E-state index in [1.165, 1.54) is 0 Å². The predicted molar refractivity (Wildman–Crippen MR) is 75.9 cm³/mol. The van der Waals surface area contributed by atoms with Crippen molar-refractivity contribution in [3.63, 3.8) is 0 Å². The van der Waals surface area contributed by atoms with Crippen LogP contribution in [0.25, 0.3) is 0 Å². The van der Waals surface area contributed by atoms with E-state index in [0.29, 0.717) is 12.5 Å². The molecule has 0 aliphatic rings. The number of carboxylic acid groups (broad SMARTS) is 1. The lowest BCUT2D eigenvalue weighted by Crippen LogP contribution is -2.47. The van der Waals surface area contributed by atoms with Crippen LogP contribution in [0, 0.1) is 5.92 Å². The fourth-order valence-corrected chi connectivity index (χ4v) is 2.05. The van der Waals surface area contributed by atoms with Crippen LogP contribution in [0.4, 0.5) is 0 Å². The number of carbonyl (C=O) groups is 1. The second-order valence-corrected chi connectivity index (χ2v) is 4.88. The van der Waals surface area contributed by atoms with Crippen molar-refractivity contribution in [2.75, 3.05) is 26.2 Å². The van der Waals surface area contributed by atoms with Crippen LogP contribution in [0.15, 0.2) is 0 Å². The maximum Gasteiger partial charge on any atom is 0.322 e. The third kappa shape index (κ3) is 6.97. The molecule has 0 aliphatic carbocycles. The zero-order valence-electron chi connectivity index (χ0n) is 12.4. The first-order valence-corrected chi connectivity index (χ1v) is 7.27. The van der Waals surface area contributed by atoms with Gasteiger partial charge in [0.05, 0.1) is 0 Å². The Bertz CT molecular complexity index is 218. The van der Waals surface area contributed by atoms with E-state index in [0.717, 1.165) is 38.9 Å². The average molecular weight is 258 g/mol. The van der Waals surface area contributed by atoms with Crippen LogP contribution in [0.1, 0.15) is 47.0 Å². The van der Waals surface area contributed by atoms with Crippen LogP contribution in [0.2, 0.25) is 0 Å². The van der Waals surface area contributed by atoms with Crippen molar-refractivity contribution < 1.29 is 9.90 Å².